The summed E-state index contributed by atoms with van der Waals surface area (Å²) in [5.41, 5.74) is 2.40. The molecule has 0 aliphatic rings. The van der Waals surface area contributed by atoms with Gasteiger partial charge in [-0.1, -0.05) is 29.8 Å². The van der Waals surface area contributed by atoms with Gasteiger partial charge in [-0.25, -0.2) is 4.68 Å². The maximum absolute atomic E-state index is 13.0. The van der Waals surface area contributed by atoms with Crippen molar-refractivity contribution in [3.63, 3.8) is 0 Å². The monoisotopic (exact) mass is 510 g/mol. The molecular weight excluding hydrogens is 485 g/mol. The van der Waals surface area contributed by atoms with Crippen molar-refractivity contribution >= 4 is 11.6 Å². The Hall–Kier alpha value is -4.18. The van der Waals surface area contributed by atoms with E-state index in [4.69, 9.17) is 9.47 Å². The average molecular weight is 511 g/mol. The van der Waals surface area contributed by atoms with Gasteiger partial charge in [0.05, 0.1) is 17.9 Å². The van der Waals surface area contributed by atoms with Crippen molar-refractivity contribution in [3.05, 3.63) is 89.5 Å². The lowest BCUT2D eigenvalue weighted by molar-refractivity contribution is -0.137. The number of carbonyl (C=O) groups is 1. The SMILES string of the molecule is CCOCCOc1nc(-c2ccc(C(F)(F)F)cc2)n(-c2ccc(NC(=O)c3ccc(C)cc3)cc2)n1. The topological polar surface area (TPSA) is 78.3 Å². The number of hydrogen-bond donors (Lipinski definition) is 1. The molecule has 0 aliphatic heterocycles. The van der Waals surface area contributed by atoms with Gasteiger partial charge < -0.3 is 14.8 Å². The predicted molar refractivity (Wildman–Crippen MR) is 133 cm³/mol. The van der Waals surface area contributed by atoms with Crippen LogP contribution in [0, 0.1) is 6.92 Å². The molecule has 0 saturated carbocycles. The quantitative estimate of drug-likeness (QED) is 0.283. The third kappa shape index (κ3) is 6.53. The number of alkyl halides is 3. The van der Waals surface area contributed by atoms with Gasteiger partial charge in [-0.15, -0.1) is 5.10 Å². The van der Waals surface area contributed by atoms with Gasteiger partial charge in [0, 0.05) is 23.4 Å². The summed E-state index contributed by atoms with van der Waals surface area (Å²) in [6.45, 7) is 4.90. The van der Waals surface area contributed by atoms with Gasteiger partial charge in [-0.05, 0) is 62.4 Å². The van der Waals surface area contributed by atoms with Gasteiger partial charge in [0.1, 0.15) is 6.61 Å². The molecule has 4 rings (SSSR count). The number of benzene rings is 3. The van der Waals surface area contributed by atoms with E-state index in [1.807, 2.05) is 26.0 Å². The number of halogens is 3. The maximum Gasteiger partial charge on any atom is 0.416 e. The molecule has 192 valence electrons. The number of hydrogen-bond acceptors (Lipinski definition) is 5. The largest absolute Gasteiger partial charge is 0.460 e. The van der Waals surface area contributed by atoms with Crippen LogP contribution in [0.2, 0.25) is 0 Å². The third-order valence-corrected chi connectivity index (χ3v) is 5.40. The van der Waals surface area contributed by atoms with E-state index in [9.17, 15) is 18.0 Å². The molecule has 0 unspecified atom stereocenters. The van der Waals surface area contributed by atoms with E-state index in [1.165, 1.54) is 16.8 Å². The summed E-state index contributed by atoms with van der Waals surface area (Å²) in [7, 11) is 0. The van der Waals surface area contributed by atoms with Crippen LogP contribution in [0.4, 0.5) is 18.9 Å². The Labute approximate surface area is 211 Å². The van der Waals surface area contributed by atoms with Crippen LogP contribution in [0.15, 0.2) is 72.8 Å². The van der Waals surface area contributed by atoms with Crippen molar-refractivity contribution in [2.24, 2.45) is 0 Å². The van der Waals surface area contributed by atoms with Crippen LogP contribution in [-0.2, 0) is 10.9 Å². The highest BCUT2D eigenvalue weighted by atomic mass is 19.4. The minimum Gasteiger partial charge on any atom is -0.460 e. The van der Waals surface area contributed by atoms with Crippen LogP contribution in [0.1, 0.15) is 28.4 Å². The second kappa shape index (κ2) is 11.3. The molecular formula is C27H25F3N4O3. The Morgan fingerprint density at radius 1 is 0.946 bits per heavy atom. The summed E-state index contributed by atoms with van der Waals surface area (Å²) in [6, 6.07) is 18.8. The Balaban J connectivity index is 1.59. The minimum atomic E-state index is -4.45. The highest BCUT2D eigenvalue weighted by Crippen LogP contribution is 2.31. The lowest BCUT2D eigenvalue weighted by Gasteiger charge is -2.10. The molecule has 1 heterocycles. The molecule has 37 heavy (non-hydrogen) atoms. The van der Waals surface area contributed by atoms with Gasteiger partial charge in [-0.2, -0.15) is 18.2 Å². The van der Waals surface area contributed by atoms with E-state index >= 15 is 0 Å². The van der Waals surface area contributed by atoms with Crippen molar-refractivity contribution in [1.29, 1.82) is 0 Å². The van der Waals surface area contributed by atoms with E-state index in [0.717, 1.165) is 17.7 Å². The first kappa shape index (κ1) is 25.9. The van der Waals surface area contributed by atoms with Crippen molar-refractivity contribution in [1.82, 2.24) is 14.8 Å². The van der Waals surface area contributed by atoms with Gasteiger partial charge in [0.25, 0.3) is 5.91 Å². The van der Waals surface area contributed by atoms with Gasteiger partial charge in [-0.3, -0.25) is 4.79 Å². The highest BCUT2D eigenvalue weighted by molar-refractivity contribution is 6.04. The summed E-state index contributed by atoms with van der Waals surface area (Å²) < 4.78 is 51.4. The summed E-state index contributed by atoms with van der Waals surface area (Å²) in [4.78, 5) is 16.9. The highest BCUT2D eigenvalue weighted by Gasteiger charge is 2.30. The molecule has 0 spiro atoms. The van der Waals surface area contributed by atoms with Crippen molar-refractivity contribution < 1.29 is 27.4 Å². The number of nitrogens with zero attached hydrogens (tertiary/aromatic N) is 3. The molecule has 4 aromatic rings. The molecule has 3 aromatic carbocycles. The minimum absolute atomic E-state index is 0.0614. The summed E-state index contributed by atoms with van der Waals surface area (Å²) >= 11 is 0. The Kier molecular flexibility index (Phi) is 7.88. The maximum atomic E-state index is 13.0. The normalized spacial score (nSPS) is 11.4. The Morgan fingerprint density at radius 2 is 1.62 bits per heavy atom. The molecule has 0 aliphatic carbocycles. The molecule has 7 nitrogen and oxygen atoms in total. The molecule has 0 atom stereocenters. The lowest BCUT2D eigenvalue weighted by atomic mass is 10.1. The fraction of sp³-hybridized carbons (Fsp3) is 0.222. The number of carbonyl (C=O) groups excluding carboxylic acids is 1. The molecule has 0 bridgehead atoms. The summed E-state index contributed by atoms with van der Waals surface area (Å²) in [6.07, 6.45) is -4.45. The molecule has 10 heteroatoms. The van der Waals surface area contributed by atoms with E-state index in [2.05, 4.69) is 15.4 Å². The van der Waals surface area contributed by atoms with Crippen LogP contribution in [0.5, 0.6) is 6.01 Å². The molecule has 1 amide bonds. The Morgan fingerprint density at radius 3 is 2.24 bits per heavy atom. The van der Waals surface area contributed by atoms with E-state index in [-0.39, 0.29) is 18.5 Å². The first-order valence-electron chi connectivity index (χ1n) is 11.6. The fourth-order valence-electron chi connectivity index (χ4n) is 3.46. The van der Waals surface area contributed by atoms with Crippen molar-refractivity contribution in [2.45, 2.75) is 20.0 Å². The van der Waals surface area contributed by atoms with Gasteiger partial charge >= 0.3 is 12.2 Å². The van der Waals surface area contributed by atoms with Crippen LogP contribution < -0.4 is 10.1 Å². The predicted octanol–water partition coefficient (Wildman–Crippen LogP) is 5.93. The van der Waals surface area contributed by atoms with Gasteiger partial charge in [0.2, 0.25) is 0 Å². The molecule has 0 saturated heterocycles. The molecule has 0 fully saturated rings. The number of aromatic nitrogens is 3. The molecule has 1 aromatic heterocycles. The number of rotatable bonds is 9. The molecule has 0 radical (unpaired) electrons. The van der Waals surface area contributed by atoms with Crippen LogP contribution in [0.25, 0.3) is 17.1 Å². The zero-order valence-electron chi connectivity index (χ0n) is 20.2. The second-order valence-corrected chi connectivity index (χ2v) is 8.12. The van der Waals surface area contributed by atoms with Crippen molar-refractivity contribution in [3.8, 4) is 23.1 Å². The zero-order chi connectivity index (χ0) is 26.4. The van der Waals surface area contributed by atoms with E-state index in [0.29, 0.717) is 41.5 Å². The van der Waals surface area contributed by atoms with Gasteiger partial charge in [0.15, 0.2) is 5.82 Å². The van der Waals surface area contributed by atoms with Crippen LogP contribution in [-0.4, -0.2) is 40.5 Å². The third-order valence-electron chi connectivity index (χ3n) is 5.40. The number of aryl methyl sites for hydroxylation is 1. The average Bonchev–Trinajstić information content (AvgIpc) is 3.31. The standard InChI is InChI=1S/C27H25F3N4O3/c1-3-36-16-17-37-26-32-24(19-8-10-21(11-9-19)27(28,29)30)34(33-26)23-14-12-22(13-15-23)31-25(35)20-6-4-18(2)5-7-20/h4-15H,3,16-17H2,1-2H3,(H,31,35). The number of ether oxygens (including phenoxy) is 2. The van der Waals surface area contributed by atoms with Crippen LogP contribution in [0.3, 0.4) is 0 Å². The van der Waals surface area contributed by atoms with Crippen molar-refractivity contribution in [2.75, 3.05) is 25.1 Å². The first-order valence-corrected chi connectivity index (χ1v) is 11.6. The summed E-state index contributed by atoms with van der Waals surface area (Å²) in [5.74, 6) is 0.0560. The van der Waals surface area contributed by atoms with E-state index in [1.54, 1.807) is 36.4 Å². The number of nitrogens with one attached hydrogen (secondary N) is 1. The number of amides is 1. The smallest absolute Gasteiger partial charge is 0.416 e. The Bertz CT molecular complexity index is 1330. The zero-order valence-corrected chi connectivity index (χ0v) is 20.2. The molecule has 1 N–H and O–H groups in total. The van der Waals surface area contributed by atoms with E-state index < -0.39 is 11.7 Å². The van der Waals surface area contributed by atoms with Crippen LogP contribution >= 0.6 is 0 Å². The number of anilines is 1. The first-order chi connectivity index (χ1) is 17.7. The second-order valence-electron chi connectivity index (χ2n) is 8.12. The fourth-order valence-corrected chi connectivity index (χ4v) is 3.46. The lowest BCUT2D eigenvalue weighted by Crippen LogP contribution is -2.11. The summed E-state index contributed by atoms with van der Waals surface area (Å²) in [5, 5.41) is 7.23.